The van der Waals surface area contributed by atoms with Crippen molar-refractivity contribution in [2.75, 3.05) is 11.9 Å². The Morgan fingerprint density at radius 2 is 2.29 bits per heavy atom. The number of hydrogen-bond donors (Lipinski definition) is 1. The van der Waals surface area contributed by atoms with Crippen LogP contribution in [0.3, 0.4) is 0 Å². The van der Waals surface area contributed by atoms with Crippen molar-refractivity contribution in [1.82, 2.24) is 9.97 Å². The van der Waals surface area contributed by atoms with Crippen LogP contribution >= 0.6 is 0 Å². The predicted octanol–water partition coefficient (Wildman–Crippen LogP) is 1.07. The number of nitrogens with zero attached hydrogens (tertiary/aromatic N) is 2. The number of H-pyrrole nitrogens is 1. The van der Waals surface area contributed by atoms with Crippen LogP contribution in [0.15, 0.2) is 11.0 Å². The molecule has 0 aliphatic heterocycles. The average molecular weight is 193 g/mol. The molecule has 0 amide bonds. The minimum Gasteiger partial charge on any atom is -0.358 e. The van der Waals surface area contributed by atoms with E-state index in [-0.39, 0.29) is 5.69 Å². The van der Waals surface area contributed by atoms with Crippen molar-refractivity contribution in [2.45, 2.75) is 32.2 Å². The first-order valence-electron chi connectivity index (χ1n) is 4.97. The third-order valence-electron chi connectivity index (χ3n) is 2.95. The van der Waals surface area contributed by atoms with Crippen molar-refractivity contribution in [2.24, 2.45) is 0 Å². The van der Waals surface area contributed by atoms with Crippen LogP contribution in [-0.4, -0.2) is 23.1 Å². The number of hydrogen-bond acceptors (Lipinski definition) is 3. The second-order valence-corrected chi connectivity index (χ2v) is 3.92. The van der Waals surface area contributed by atoms with E-state index >= 15 is 0 Å². The molecule has 1 N–H and O–H groups in total. The van der Waals surface area contributed by atoms with Gasteiger partial charge in [0.2, 0.25) is 0 Å². The van der Waals surface area contributed by atoms with Crippen molar-refractivity contribution >= 4 is 5.82 Å². The van der Waals surface area contributed by atoms with Crippen LogP contribution in [0, 0.1) is 6.92 Å². The highest BCUT2D eigenvalue weighted by atomic mass is 16.1. The van der Waals surface area contributed by atoms with E-state index in [2.05, 4.69) is 14.9 Å². The third-order valence-corrected chi connectivity index (χ3v) is 2.95. The van der Waals surface area contributed by atoms with Gasteiger partial charge in [0.05, 0.1) is 0 Å². The Morgan fingerprint density at radius 3 is 2.86 bits per heavy atom. The van der Waals surface area contributed by atoms with Crippen molar-refractivity contribution < 1.29 is 0 Å². The van der Waals surface area contributed by atoms with Crippen LogP contribution in [-0.2, 0) is 0 Å². The molecule has 4 nitrogen and oxygen atoms in total. The summed E-state index contributed by atoms with van der Waals surface area (Å²) in [5.41, 5.74) is 0.760. The van der Waals surface area contributed by atoms with E-state index in [9.17, 15) is 4.79 Å². The van der Waals surface area contributed by atoms with Crippen LogP contribution in [0.5, 0.6) is 0 Å². The number of aromatic nitrogens is 2. The highest BCUT2D eigenvalue weighted by Gasteiger charge is 2.23. The Morgan fingerprint density at radius 1 is 1.57 bits per heavy atom. The molecule has 0 atom stereocenters. The number of aromatic amines is 1. The lowest BCUT2D eigenvalue weighted by Crippen LogP contribution is -2.39. The van der Waals surface area contributed by atoms with Gasteiger partial charge in [-0.1, -0.05) is 0 Å². The lowest BCUT2D eigenvalue weighted by molar-refractivity contribution is 0.398. The lowest BCUT2D eigenvalue weighted by Gasteiger charge is -2.36. The molecule has 76 valence electrons. The van der Waals surface area contributed by atoms with Gasteiger partial charge in [-0.3, -0.25) is 4.98 Å². The van der Waals surface area contributed by atoms with E-state index in [1.54, 1.807) is 6.20 Å². The van der Waals surface area contributed by atoms with Gasteiger partial charge in [0, 0.05) is 24.8 Å². The van der Waals surface area contributed by atoms with Crippen molar-refractivity contribution in [3.05, 3.63) is 22.2 Å². The fourth-order valence-corrected chi connectivity index (χ4v) is 1.77. The number of anilines is 1. The Kier molecular flexibility index (Phi) is 2.27. The molecule has 2 rings (SSSR count). The van der Waals surface area contributed by atoms with E-state index < -0.39 is 0 Å². The SMILES string of the molecule is Cc1cnc(=O)[nH]c1N(C)C1CCC1. The van der Waals surface area contributed by atoms with E-state index in [0.717, 1.165) is 11.4 Å². The lowest BCUT2D eigenvalue weighted by atomic mass is 9.92. The van der Waals surface area contributed by atoms with Crippen molar-refractivity contribution in [3.63, 3.8) is 0 Å². The zero-order chi connectivity index (χ0) is 10.1. The third kappa shape index (κ3) is 1.52. The Balaban J connectivity index is 2.29. The molecule has 1 aliphatic rings. The van der Waals surface area contributed by atoms with Crippen LogP contribution in [0.1, 0.15) is 24.8 Å². The molecule has 4 heteroatoms. The van der Waals surface area contributed by atoms with Gasteiger partial charge in [-0.05, 0) is 26.2 Å². The summed E-state index contributed by atoms with van der Waals surface area (Å²) in [6.07, 6.45) is 5.37. The summed E-state index contributed by atoms with van der Waals surface area (Å²) in [6.45, 7) is 1.97. The summed E-state index contributed by atoms with van der Waals surface area (Å²) in [5, 5.41) is 0. The van der Waals surface area contributed by atoms with Crippen LogP contribution in [0.2, 0.25) is 0 Å². The van der Waals surface area contributed by atoms with E-state index in [1.807, 2.05) is 14.0 Å². The summed E-state index contributed by atoms with van der Waals surface area (Å²) < 4.78 is 0. The smallest absolute Gasteiger partial charge is 0.346 e. The van der Waals surface area contributed by atoms with Crippen LogP contribution in [0.25, 0.3) is 0 Å². The van der Waals surface area contributed by atoms with Gasteiger partial charge in [0.1, 0.15) is 5.82 Å². The highest BCUT2D eigenvalue weighted by molar-refractivity contribution is 5.45. The number of nitrogens with one attached hydrogen (secondary N) is 1. The molecule has 1 heterocycles. The highest BCUT2D eigenvalue weighted by Crippen LogP contribution is 2.27. The number of rotatable bonds is 2. The molecule has 1 aliphatic carbocycles. The monoisotopic (exact) mass is 193 g/mol. The quantitative estimate of drug-likeness (QED) is 0.764. The molecule has 0 radical (unpaired) electrons. The first-order valence-corrected chi connectivity index (χ1v) is 4.97. The zero-order valence-electron chi connectivity index (χ0n) is 8.58. The standard InChI is InChI=1S/C10H15N3O/c1-7-6-11-10(14)12-9(7)13(2)8-4-3-5-8/h6,8H,3-5H2,1-2H3,(H,11,12,14). The molecular weight excluding hydrogens is 178 g/mol. The normalized spacial score (nSPS) is 16.4. The maximum Gasteiger partial charge on any atom is 0.346 e. The summed E-state index contributed by atoms with van der Waals surface area (Å²) in [6, 6.07) is 0.590. The van der Waals surface area contributed by atoms with Gasteiger partial charge in [-0.15, -0.1) is 0 Å². The molecule has 0 unspecified atom stereocenters. The first kappa shape index (κ1) is 9.24. The largest absolute Gasteiger partial charge is 0.358 e. The topological polar surface area (TPSA) is 49.0 Å². The molecule has 0 spiro atoms. The molecule has 1 aromatic rings. The summed E-state index contributed by atoms with van der Waals surface area (Å²) in [5.74, 6) is 0.912. The van der Waals surface area contributed by atoms with E-state index in [1.165, 1.54) is 19.3 Å². The van der Waals surface area contributed by atoms with Crippen LogP contribution < -0.4 is 10.6 Å². The van der Waals surface area contributed by atoms with Gasteiger partial charge >= 0.3 is 5.69 Å². The van der Waals surface area contributed by atoms with Crippen molar-refractivity contribution in [3.8, 4) is 0 Å². The molecule has 1 aromatic heterocycles. The van der Waals surface area contributed by atoms with Gasteiger partial charge in [-0.25, -0.2) is 9.78 Å². The summed E-state index contributed by atoms with van der Waals surface area (Å²) >= 11 is 0. The summed E-state index contributed by atoms with van der Waals surface area (Å²) in [7, 11) is 2.03. The molecule has 0 saturated heterocycles. The van der Waals surface area contributed by atoms with E-state index in [0.29, 0.717) is 6.04 Å². The second-order valence-electron chi connectivity index (χ2n) is 3.92. The minimum absolute atomic E-state index is 0.267. The van der Waals surface area contributed by atoms with Gasteiger partial charge in [-0.2, -0.15) is 0 Å². The minimum atomic E-state index is -0.267. The molecule has 1 saturated carbocycles. The maximum absolute atomic E-state index is 11.1. The Bertz CT molecular complexity index is 381. The maximum atomic E-state index is 11.1. The van der Waals surface area contributed by atoms with Gasteiger partial charge < -0.3 is 4.90 Å². The predicted molar refractivity (Wildman–Crippen MR) is 55.6 cm³/mol. The fourth-order valence-electron chi connectivity index (χ4n) is 1.77. The Hall–Kier alpha value is -1.32. The first-order chi connectivity index (χ1) is 6.68. The average Bonchev–Trinajstić information content (AvgIpc) is 2.06. The molecule has 14 heavy (non-hydrogen) atoms. The van der Waals surface area contributed by atoms with Gasteiger partial charge in [0.25, 0.3) is 0 Å². The molecule has 0 bridgehead atoms. The second kappa shape index (κ2) is 3.44. The summed E-state index contributed by atoms with van der Waals surface area (Å²) in [4.78, 5) is 19.7. The zero-order valence-corrected chi connectivity index (χ0v) is 8.58. The Labute approximate surface area is 83.0 Å². The molecular formula is C10H15N3O. The number of aryl methyl sites for hydroxylation is 1. The molecule has 0 aromatic carbocycles. The fraction of sp³-hybridized carbons (Fsp3) is 0.600. The van der Waals surface area contributed by atoms with Gasteiger partial charge in [0.15, 0.2) is 0 Å². The molecule has 1 fully saturated rings. The van der Waals surface area contributed by atoms with E-state index in [4.69, 9.17) is 0 Å². The van der Waals surface area contributed by atoms with Crippen LogP contribution in [0.4, 0.5) is 5.82 Å². The van der Waals surface area contributed by atoms with Crippen molar-refractivity contribution in [1.29, 1.82) is 0 Å².